The number of rotatable bonds is 9. The Labute approximate surface area is 218 Å². The van der Waals surface area contributed by atoms with Gasteiger partial charge in [-0.25, -0.2) is 0 Å². The van der Waals surface area contributed by atoms with Gasteiger partial charge in [0, 0.05) is 31.7 Å². The molecular formula is C28H36N4O3S. The third-order valence-electron chi connectivity index (χ3n) is 6.84. The molecule has 0 radical (unpaired) electrons. The zero-order chi connectivity index (χ0) is 25.5. The van der Waals surface area contributed by atoms with Gasteiger partial charge in [-0.15, -0.1) is 0 Å². The molecule has 1 aliphatic rings. The highest BCUT2D eigenvalue weighted by Crippen LogP contribution is 2.20. The van der Waals surface area contributed by atoms with Crippen molar-refractivity contribution in [3.8, 4) is 5.75 Å². The largest absolute Gasteiger partial charge is 0.497 e. The number of thiocarbonyl (C=S) groups is 1. The van der Waals surface area contributed by atoms with Gasteiger partial charge in [-0.05, 0) is 79.3 Å². The summed E-state index contributed by atoms with van der Waals surface area (Å²) in [6, 6.07) is 14.1. The summed E-state index contributed by atoms with van der Waals surface area (Å²) in [4.78, 5) is 20.6. The van der Waals surface area contributed by atoms with Gasteiger partial charge in [-0.3, -0.25) is 9.69 Å². The highest BCUT2D eigenvalue weighted by Gasteiger charge is 2.16. The molecule has 2 heterocycles. The molecule has 3 aromatic rings. The van der Waals surface area contributed by atoms with Crippen molar-refractivity contribution in [1.29, 1.82) is 0 Å². The lowest BCUT2D eigenvalue weighted by Gasteiger charge is -2.28. The molecule has 1 aliphatic heterocycles. The molecule has 0 spiro atoms. The van der Waals surface area contributed by atoms with E-state index < -0.39 is 0 Å². The molecule has 1 fully saturated rings. The Balaban J connectivity index is 1.48. The molecule has 0 atom stereocenters. The maximum absolute atomic E-state index is 13.0. The molecule has 1 saturated heterocycles. The lowest BCUT2D eigenvalue weighted by Crippen LogP contribution is -2.42. The first-order valence-electron chi connectivity index (χ1n) is 12.5. The minimum atomic E-state index is -0.0777. The second-order valence-electron chi connectivity index (χ2n) is 9.34. The van der Waals surface area contributed by atoms with E-state index in [1.807, 2.05) is 37.3 Å². The number of hydrogen-bond donors (Lipinski definition) is 2. The molecular weight excluding hydrogens is 472 g/mol. The second kappa shape index (κ2) is 12.3. The van der Waals surface area contributed by atoms with Gasteiger partial charge in [0.15, 0.2) is 5.11 Å². The lowest BCUT2D eigenvalue weighted by atomic mass is 10.0. The van der Waals surface area contributed by atoms with Crippen LogP contribution in [0, 0.1) is 13.8 Å². The molecule has 4 rings (SSSR count). The summed E-state index contributed by atoms with van der Waals surface area (Å²) in [5.74, 6) is 0.811. The lowest BCUT2D eigenvalue weighted by molar-refractivity contribution is 0.0376. The Morgan fingerprint density at radius 1 is 1.14 bits per heavy atom. The third-order valence-corrected chi connectivity index (χ3v) is 7.24. The first kappa shape index (κ1) is 26.1. The Morgan fingerprint density at radius 2 is 1.89 bits per heavy atom. The van der Waals surface area contributed by atoms with Crippen LogP contribution < -0.4 is 15.6 Å². The normalized spacial score (nSPS) is 14.1. The smallest absolute Gasteiger partial charge is 0.253 e. The topological polar surface area (TPSA) is 69.8 Å². The fraction of sp³-hybridized carbons (Fsp3) is 0.429. The maximum Gasteiger partial charge on any atom is 0.253 e. The summed E-state index contributed by atoms with van der Waals surface area (Å²) in [7, 11) is 1.66. The minimum Gasteiger partial charge on any atom is -0.497 e. The Kier molecular flexibility index (Phi) is 8.96. The maximum atomic E-state index is 13.0. The van der Waals surface area contributed by atoms with Crippen LogP contribution in [0.15, 0.2) is 47.3 Å². The molecule has 0 aliphatic carbocycles. The first-order chi connectivity index (χ1) is 17.4. The molecule has 2 aromatic carbocycles. The predicted molar refractivity (Wildman–Crippen MR) is 149 cm³/mol. The van der Waals surface area contributed by atoms with Crippen LogP contribution in [0.5, 0.6) is 5.75 Å². The number of hydrogen-bond acceptors (Lipinski definition) is 5. The van der Waals surface area contributed by atoms with Crippen molar-refractivity contribution in [2.45, 2.75) is 33.4 Å². The van der Waals surface area contributed by atoms with Crippen molar-refractivity contribution in [1.82, 2.24) is 20.1 Å². The molecule has 36 heavy (non-hydrogen) atoms. The highest BCUT2D eigenvalue weighted by molar-refractivity contribution is 7.80. The summed E-state index contributed by atoms with van der Waals surface area (Å²) < 4.78 is 10.7. The number of methoxy groups -OCH3 is 1. The number of aryl methyl sites for hydroxylation is 2. The number of morpholine rings is 1. The highest BCUT2D eigenvalue weighted by atomic mass is 32.1. The average molecular weight is 509 g/mol. The van der Waals surface area contributed by atoms with Crippen LogP contribution in [0.3, 0.4) is 0 Å². The van der Waals surface area contributed by atoms with Crippen LogP contribution in [-0.2, 0) is 17.8 Å². The van der Waals surface area contributed by atoms with Gasteiger partial charge in [0.05, 0.1) is 32.4 Å². The second-order valence-corrected chi connectivity index (χ2v) is 9.73. The molecule has 0 unspecified atom stereocenters. The zero-order valence-corrected chi connectivity index (χ0v) is 22.2. The van der Waals surface area contributed by atoms with Crippen molar-refractivity contribution in [2.75, 3.05) is 46.5 Å². The Bertz CT molecular complexity index is 1240. The zero-order valence-electron chi connectivity index (χ0n) is 21.4. The van der Waals surface area contributed by atoms with Gasteiger partial charge in [-0.2, -0.15) is 0 Å². The van der Waals surface area contributed by atoms with Crippen molar-refractivity contribution in [2.24, 2.45) is 0 Å². The Hall–Kier alpha value is -2.94. The van der Waals surface area contributed by atoms with Crippen molar-refractivity contribution < 1.29 is 9.47 Å². The monoisotopic (exact) mass is 508 g/mol. The number of fused-ring (bicyclic) bond motifs is 1. The van der Waals surface area contributed by atoms with Crippen LogP contribution in [0.4, 0.5) is 0 Å². The fourth-order valence-electron chi connectivity index (χ4n) is 4.48. The van der Waals surface area contributed by atoms with Gasteiger partial charge in [0.25, 0.3) is 5.56 Å². The molecule has 8 heteroatoms. The summed E-state index contributed by atoms with van der Waals surface area (Å²) >= 11 is 5.81. The number of nitrogens with zero attached hydrogens (tertiary/aromatic N) is 2. The van der Waals surface area contributed by atoms with E-state index in [4.69, 9.17) is 21.7 Å². The van der Waals surface area contributed by atoms with E-state index >= 15 is 0 Å². The quantitative estimate of drug-likeness (QED) is 0.337. The summed E-state index contributed by atoms with van der Waals surface area (Å²) in [5.41, 5.74) is 4.87. The summed E-state index contributed by atoms with van der Waals surface area (Å²) in [5, 5.41) is 5.10. The van der Waals surface area contributed by atoms with Gasteiger partial charge >= 0.3 is 0 Å². The molecule has 1 aromatic heterocycles. The van der Waals surface area contributed by atoms with Crippen molar-refractivity contribution in [3.63, 3.8) is 0 Å². The van der Waals surface area contributed by atoms with E-state index in [0.717, 1.165) is 79.2 Å². The number of ether oxygens (including phenoxy) is 2. The van der Waals surface area contributed by atoms with E-state index in [9.17, 15) is 4.79 Å². The first-order valence-corrected chi connectivity index (χ1v) is 12.9. The fourth-order valence-corrected chi connectivity index (χ4v) is 4.71. The third kappa shape index (κ3) is 6.63. The van der Waals surface area contributed by atoms with Crippen LogP contribution in [0.25, 0.3) is 10.9 Å². The number of pyridine rings is 1. The van der Waals surface area contributed by atoms with Gasteiger partial charge in [0.1, 0.15) is 5.75 Å². The van der Waals surface area contributed by atoms with Gasteiger partial charge in [0.2, 0.25) is 0 Å². The number of H-pyrrole nitrogens is 1. The number of aromatic amines is 1. The van der Waals surface area contributed by atoms with E-state index in [2.05, 4.69) is 39.2 Å². The van der Waals surface area contributed by atoms with E-state index in [1.165, 1.54) is 0 Å². The number of aromatic nitrogens is 1. The van der Waals surface area contributed by atoms with Gasteiger partial charge < -0.3 is 24.7 Å². The van der Waals surface area contributed by atoms with E-state index in [-0.39, 0.29) is 5.56 Å². The molecule has 7 nitrogen and oxygen atoms in total. The Morgan fingerprint density at radius 3 is 2.61 bits per heavy atom. The van der Waals surface area contributed by atoms with E-state index in [0.29, 0.717) is 23.8 Å². The van der Waals surface area contributed by atoms with Crippen LogP contribution in [-0.4, -0.2) is 66.4 Å². The van der Waals surface area contributed by atoms with Gasteiger partial charge in [-0.1, -0.05) is 24.3 Å². The van der Waals surface area contributed by atoms with Crippen LogP contribution >= 0.6 is 12.2 Å². The minimum absolute atomic E-state index is 0.0777. The average Bonchev–Trinajstić information content (AvgIpc) is 2.90. The molecule has 0 saturated carbocycles. The van der Waals surface area contributed by atoms with E-state index in [1.54, 1.807) is 7.11 Å². The predicted octanol–water partition coefficient (Wildman–Crippen LogP) is 3.75. The molecule has 2 N–H and O–H groups in total. The van der Waals surface area contributed by atoms with Crippen LogP contribution in [0.1, 0.15) is 28.7 Å². The number of nitrogens with one attached hydrogen (secondary N) is 2. The molecule has 0 bridgehead atoms. The van der Waals surface area contributed by atoms with Crippen molar-refractivity contribution >= 4 is 28.2 Å². The number of benzene rings is 2. The summed E-state index contributed by atoms with van der Waals surface area (Å²) in [6.45, 7) is 10.5. The molecule has 0 amide bonds. The van der Waals surface area contributed by atoms with Crippen molar-refractivity contribution in [3.05, 3.63) is 75.1 Å². The van der Waals surface area contributed by atoms with Crippen LogP contribution in [0.2, 0.25) is 0 Å². The molecule has 192 valence electrons. The standard InChI is InChI=1S/C28H36N4O3S/c1-20-5-8-23-17-24(27(33)30-26(23)21(20)2)19-32(18-22-6-9-25(34-3)10-7-22)28(36)29-11-4-12-31-13-15-35-16-14-31/h5-10,17H,4,11-16,18-19H2,1-3H3,(H,29,36)(H,30,33). The summed E-state index contributed by atoms with van der Waals surface area (Å²) in [6.07, 6.45) is 0.992. The SMILES string of the molecule is COc1ccc(CN(Cc2cc3ccc(C)c(C)c3[nH]c2=O)C(=S)NCCCN2CCOCC2)cc1.